The van der Waals surface area contributed by atoms with E-state index in [0.29, 0.717) is 16.8 Å². The fourth-order valence-corrected chi connectivity index (χ4v) is 4.62. The minimum Gasteiger partial charge on any atom is -0.480 e. The number of nitrogens with one attached hydrogen (secondary N) is 1. The van der Waals surface area contributed by atoms with E-state index in [1.54, 1.807) is 42.5 Å². The van der Waals surface area contributed by atoms with Gasteiger partial charge in [-0.1, -0.05) is 48.5 Å². The molecule has 0 radical (unpaired) electrons. The minimum absolute atomic E-state index is 0.124. The third kappa shape index (κ3) is 3.41. The van der Waals surface area contributed by atoms with Gasteiger partial charge in [-0.05, 0) is 29.3 Å². The number of carbonyl (C=O) groups is 2. The fraction of sp³-hybridized carbons (Fsp3) is 0.120. The van der Waals surface area contributed by atoms with E-state index < -0.39 is 28.9 Å². The molecule has 1 aliphatic rings. The molecule has 2 heterocycles. The highest BCUT2D eigenvalue weighted by atomic mass is 16.6. The van der Waals surface area contributed by atoms with Crippen LogP contribution in [0, 0.1) is 10.1 Å². The van der Waals surface area contributed by atoms with Crippen molar-refractivity contribution in [2.45, 2.75) is 18.5 Å². The number of nitro groups is 1. The molecule has 0 spiro atoms. The molecule has 4 aromatic rings. The van der Waals surface area contributed by atoms with E-state index in [1.165, 1.54) is 17.0 Å². The number of hydrogen-bond acceptors (Lipinski definition) is 4. The lowest BCUT2D eigenvalue weighted by molar-refractivity contribution is -0.384. The molecular weight excluding hydrogens is 422 g/mol. The summed E-state index contributed by atoms with van der Waals surface area (Å²) in [5.41, 5.74) is 2.96. The van der Waals surface area contributed by atoms with Crippen LogP contribution in [-0.2, 0) is 11.2 Å². The van der Waals surface area contributed by atoms with Gasteiger partial charge in [0.2, 0.25) is 0 Å². The molecule has 5 rings (SSSR count). The van der Waals surface area contributed by atoms with Crippen molar-refractivity contribution < 1.29 is 19.6 Å². The van der Waals surface area contributed by atoms with Gasteiger partial charge in [-0.25, -0.2) is 4.79 Å². The predicted molar refractivity (Wildman–Crippen MR) is 121 cm³/mol. The van der Waals surface area contributed by atoms with Crippen molar-refractivity contribution >= 4 is 28.5 Å². The third-order valence-electron chi connectivity index (χ3n) is 6.07. The van der Waals surface area contributed by atoms with Gasteiger partial charge < -0.3 is 15.0 Å². The average Bonchev–Trinajstić information content (AvgIpc) is 3.21. The topological polar surface area (TPSA) is 117 Å². The summed E-state index contributed by atoms with van der Waals surface area (Å²) < 4.78 is 0. The Balaban J connectivity index is 1.77. The van der Waals surface area contributed by atoms with E-state index in [4.69, 9.17) is 0 Å². The van der Waals surface area contributed by atoms with E-state index >= 15 is 0 Å². The maximum absolute atomic E-state index is 13.7. The number of hydrogen-bond donors (Lipinski definition) is 2. The van der Waals surface area contributed by atoms with Gasteiger partial charge >= 0.3 is 5.97 Å². The lowest BCUT2D eigenvalue weighted by atomic mass is 9.87. The number of para-hydroxylation sites is 1. The summed E-state index contributed by atoms with van der Waals surface area (Å²) in [6.45, 7) is 0. The molecule has 3 aromatic carbocycles. The van der Waals surface area contributed by atoms with E-state index in [0.717, 1.165) is 16.5 Å². The van der Waals surface area contributed by atoms with Crippen LogP contribution in [0.2, 0.25) is 0 Å². The Morgan fingerprint density at radius 3 is 2.45 bits per heavy atom. The lowest BCUT2D eigenvalue weighted by Gasteiger charge is -2.40. The van der Waals surface area contributed by atoms with Crippen molar-refractivity contribution in [1.82, 2.24) is 9.88 Å². The summed E-state index contributed by atoms with van der Waals surface area (Å²) in [5.74, 6) is -1.59. The van der Waals surface area contributed by atoms with Crippen molar-refractivity contribution in [3.8, 4) is 0 Å². The van der Waals surface area contributed by atoms with Gasteiger partial charge in [0.15, 0.2) is 0 Å². The second kappa shape index (κ2) is 7.90. The van der Waals surface area contributed by atoms with Crippen LogP contribution >= 0.6 is 0 Å². The van der Waals surface area contributed by atoms with E-state index in [1.807, 2.05) is 24.3 Å². The van der Waals surface area contributed by atoms with Gasteiger partial charge in [-0.15, -0.1) is 0 Å². The molecule has 1 amide bonds. The normalized spacial score (nSPS) is 17.5. The van der Waals surface area contributed by atoms with Crippen LogP contribution in [0.25, 0.3) is 10.9 Å². The molecule has 164 valence electrons. The van der Waals surface area contributed by atoms with Crippen LogP contribution < -0.4 is 0 Å². The standard InChI is InChI=1S/C25H19N3O5/c29-24(15-7-2-1-3-8-15)27-21(25(30)31)14-19-18-11-4-5-12-20(18)26-22(19)23(27)16-9-6-10-17(13-16)28(32)33/h1-13,21,23,26H,14H2,(H,30,31)/t21-,23-/m0/s1. The Morgan fingerprint density at radius 2 is 1.73 bits per heavy atom. The number of carboxylic acid groups (broad SMARTS) is 1. The number of nitro benzene ring substituents is 1. The first-order valence-electron chi connectivity index (χ1n) is 10.4. The first-order chi connectivity index (χ1) is 16.0. The molecule has 0 saturated carbocycles. The molecule has 2 N–H and O–H groups in total. The lowest BCUT2D eigenvalue weighted by Crippen LogP contribution is -2.51. The Kier molecular flexibility index (Phi) is 4.90. The number of carboxylic acids is 1. The number of rotatable bonds is 4. The predicted octanol–water partition coefficient (Wildman–Crippen LogP) is 4.32. The van der Waals surface area contributed by atoms with E-state index in [2.05, 4.69) is 4.98 Å². The van der Waals surface area contributed by atoms with Crippen LogP contribution in [0.1, 0.15) is 33.2 Å². The van der Waals surface area contributed by atoms with Crippen LogP contribution in [0.15, 0.2) is 78.9 Å². The number of carbonyl (C=O) groups excluding carboxylic acids is 1. The minimum atomic E-state index is -1.14. The monoisotopic (exact) mass is 441 g/mol. The van der Waals surface area contributed by atoms with E-state index in [-0.39, 0.29) is 12.1 Å². The molecule has 1 aliphatic heterocycles. The Bertz CT molecular complexity index is 1400. The van der Waals surface area contributed by atoms with Crippen molar-refractivity contribution in [2.75, 3.05) is 0 Å². The highest BCUT2D eigenvalue weighted by Crippen LogP contribution is 2.42. The number of nitrogens with zero attached hydrogens (tertiary/aromatic N) is 2. The number of aliphatic carboxylic acids is 1. The maximum Gasteiger partial charge on any atom is 0.326 e. The second-order valence-electron chi connectivity index (χ2n) is 7.95. The molecule has 1 aromatic heterocycles. The molecule has 2 atom stereocenters. The highest BCUT2D eigenvalue weighted by molar-refractivity contribution is 5.98. The molecular formula is C25H19N3O5. The quantitative estimate of drug-likeness (QED) is 0.361. The molecule has 0 bridgehead atoms. The SMILES string of the molecule is O=C(O)[C@@H]1Cc2c([nH]c3ccccc23)[C@H](c2cccc([N+](=O)[O-])c2)N1C(=O)c1ccccc1. The first-order valence-corrected chi connectivity index (χ1v) is 10.4. The second-order valence-corrected chi connectivity index (χ2v) is 7.95. The van der Waals surface area contributed by atoms with Gasteiger partial charge in [0.25, 0.3) is 11.6 Å². The summed E-state index contributed by atoms with van der Waals surface area (Å²) >= 11 is 0. The van der Waals surface area contributed by atoms with Crippen molar-refractivity contribution in [3.63, 3.8) is 0 Å². The van der Waals surface area contributed by atoms with Gasteiger partial charge in [0.05, 0.1) is 11.0 Å². The third-order valence-corrected chi connectivity index (χ3v) is 6.07. The summed E-state index contributed by atoms with van der Waals surface area (Å²) in [4.78, 5) is 41.7. The number of aromatic nitrogens is 1. The number of non-ortho nitro benzene ring substituents is 1. The van der Waals surface area contributed by atoms with Gasteiger partial charge in [0.1, 0.15) is 6.04 Å². The van der Waals surface area contributed by atoms with Gasteiger partial charge in [-0.2, -0.15) is 0 Å². The summed E-state index contributed by atoms with van der Waals surface area (Å²) in [6, 6.07) is 20.0. The number of amides is 1. The van der Waals surface area contributed by atoms with Crippen molar-refractivity contribution in [3.05, 3.63) is 111 Å². The fourth-order valence-electron chi connectivity index (χ4n) is 4.62. The van der Waals surface area contributed by atoms with Crippen LogP contribution in [-0.4, -0.2) is 37.8 Å². The molecule has 8 nitrogen and oxygen atoms in total. The highest BCUT2D eigenvalue weighted by Gasteiger charge is 2.44. The molecule has 0 fully saturated rings. The number of benzene rings is 3. The largest absolute Gasteiger partial charge is 0.480 e. The Morgan fingerprint density at radius 1 is 1.00 bits per heavy atom. The van der Waals surface area contributed by atoms with Gasteiger partial charge in [0, 0.05) is 40.7 Å². The molecule has 0 aliphatic carbocycles. The van der Waals surface area contributed by atoms with E-state index in [9.17, 15) is 24.8 Å². The molecule has 0 saturated heterocycles. The van der Waals surface area contributed by atoms with Gasteiger partial charge in [-0.3, -0.25) is 14.9 Å². The zero-order valence-electron chi connectivity index (χ0n) is 17.3. The smallest absolute Gasteiger partial charge is 0.326 e. The van der Waals surface area contributed by atoms with Crippen LogP contribution in [0.4, 0.5) is 5.69 Å². The summed E-state index contributed by atoms with van der Waals surface area (Å²) in [7, 11) is 0. The summed E-state index contributed by atoms with van der Waals surface area (Å²) in [6.07, 6.45) is 0.124. The van der Waals surface area contributed by atoms with Crippen LogP contribution in [0.3, 0.4) is 0 Å². The van der Waals surface area contributed by atoms with Crippen molar-refractivity contribution in [1.29, 1.82) is 0 Å². The zero-order valence-corrected chi connectivity index (χ0v) is 17.3. The molecule has 8 heteroatoms. The molecule has 0 unspecified atom stereocenters. The van der Waals surface area contributed by atoms with Crippen LogP contribution in [0.5, 0.6) is 0 Å². The Hall–Kier alpha value is -4.46. The summed E-state index contributed by atoms with van der Waals surface area (Å²) in [5, 5.41) is 22.5. The maximum atomic E-state index is 13.7. The average molecular weight is 441 g/mol. The zero-order chi connectivity index (χ0) is 23.1. The first kappa shape index (κ1) is 20.4. The number of aromatic amines is 1. The number of fused-ring (bicyclic) bond motifs is 3. The molecule has 33 heavy (non-hydrogen) atoms. The Labute approximate surface area is 188 Å². The van der Waals surface area contributed by atoms with Crippen molar-refractivity contribution in [2.24, 2.45) is 0 Å². The number of H-pyrrole nitrogens is 1.